The van der Waals surface area contributed by atoms with Crippen LogP contribution in [0.2, 0.25) is 10.0 Å². The zero-order valence-electron chi connectivity index (χ0n) is 22.2. The largest absolute Gasteiger partial charge is 0.493 e. The van der Waals surface area contributed by atoms with Gasteiger partial charge >= 0.3 is 0 Å². The number of carbonyl (C=O) groups excluding carboxylic acids is 2. The van der Waals surface area contributed by atoms with E-state index < -0.39 is 6.04 Å². The molecule has 3 aromatic rings. The van der Waals surface area contributed by atoms with Crippen molar-refractivity contribution in [3.63, 3.8) is 0 Å². The number of hydrogen-bond acceptors (Lipinski definition) is 4. The van der Waals surface area contributed by atoms with Crippen LogP contribution in [0.3, 0.4) is 0 Å². The van der Waals surface area contributed by atoms with E-state index in [0.717, 1.165) is 16.7 Å². The number of rotatable bonds is 12. The lowest BCUT2D eigenvalue weighted by molar-refractivity contribution is -0.141. The van der Waals surface area contributed by atoms with Gasteiger partial charge in [0.1, 0.15) is 6.04 Å². The first-order valence-electron chi connectivity index (χ1n) is 12.5. The summed E-state index contributed by atoms with van der Waals surface area (Å²) in [6.45, 7) is 4.02. The number of methoxy groups -OCH3 is 2. The molecule has 202 valence electrons. The molecule has 0 unspecified atom stereocenters. The van der Waals surface area contributed by atoms with Crippen LogP contribution in [0.25, 0.3) is 0 Å². The molecular weight excluding hydrogens is 523 g/mol. The maximum absolute atomic E-state index is 13.8. The first-order valence-corrected chi connectivity index (χ1v) is 13.3. The van der Waals surface area contributed by atoms with Gasteiger partial charge in [-0.3, -0.25) is 9.59 Å². The molecule has 0 aliphatic rings. The van der Waals surface area contributed by atoms with E-state index in [0.29, 0.717) is 34.4 Å². The Morgan fingerprint density at radius 1 is 0.842 bits per heavy atom. The molecule has 0 bridgehead atoms. The van der Waals surface area contributed by atoms with Crippen LogP contribution in [0, 0.1) is 0 Å². The number of nitrogens with zero attached hydrogens (tertiary/aromatic N) is 1. The third kappa shape index (κ3) is 8.14. The quantitative estimate of drug-likeness (QED) is 0.292. The number of halogens is 2. The minimum atomic E-state index is -0.716. The smallest absolute Gasteiger partial charge is 0.243 e. The zero-order chi connectivity index (χ0) is 27.7. The van der Waals surface area contributed by atoms with Gasteiger partial charge < -0.3 is 19.7 Å². The molecule has 38 heavy (non-hydrogen) atoms. The predicted molar refractivity (Wildman–Crippen MR) is 152 cm³/mol. The summed E-state index contributed by atoms with van der Waals surface area (Å²) in [4.78, 5) is 28.9. The van der Waals surface area contributed by atoms with Crippen LogP contribution >= 0.6 is 23.2 Å². The summed E-state index contributed by atoms with van der Waals surface area (Å²) in [6, 6.07) is 19.8. The molecular formula is C30H34Cl2N2O4. The monoisotopic (exact) mass is 556 g/mol. The molecule has 0 radical (unpaired) electrons. The lowest BCUT2D eigenvalue weighted by Gasteiger charge is -2.32. The predicted octanol–water partition coefficient (Wildman–Crippen LogP) is 6.11. The highest BCUT2D eigenvalue weighted by Crippen LogP contribution is 2.29. The molecule has 6 nitrogen and oxygen atoms in total. The van der Waals surface area contributed by atoms with E-state index in [1.54, 1.807) is 31.3 Å². The molecule has 0 saturated heterocycles. The molecule has 1 N–H and O–H groups in total. The minimum absolute atomic E-state index is 0.0746. The van der Waals surface area contributed by atoms with Crippen molar-refractivity contribution < 1.29 is 19.1 Å². The number of aryl methyl sites for hydroxylation is 1. The highest BCUT2D eigenvalue weighted by molar-refractivity contribution is 6.42. The maximum Gasteiger partial charge on any atom is 0.243 e. The molecule has 0 spiro atoms. The fraction of sp³-hybridized carbons (Fsp3) is 0.333. The van der Waals surface area contributed by atoms with Gasteiger partial charge in [-0.1, -0.05) is 65.7 Å². The van der Waals surface area contributed by atoms with Crippen LogP contribution in [0.4, 0.5) is 0 Å². The molecule has 1 atom stereocenters. The Morgan fingerprint density at radius 3 is 2.16 bits per heavy atom. The summed E-state index contributed by atoms with van der Waals surface area (Å²) < 4.78 is 10.7. The van der Waals surface area contributed by atoms with Gasteiger partial charge in [-0.2, -0.15) is 0 Å². The standard InChI is InChI=1S/C30H34Cl2N2O4/c1-20(2)33-30(36)26(17-21-8-6-5-7-9-21)34(19-23-10-13-24(31)25(32)16-23)29(35)15-12-22-11-14-27(37-3)28(18-22)38-4/h5-11,13-14,16,18,20,26H,12,15,17,19H2,1-4H3,(H,33,36)/t26-/m1/s1. The molecule has 0 aliphatic heterocycles. The van der Waals surface area contributed by atoms with Crippen molar-refractivity contribution in [2.75, 3.05) is 14.2 Å². The lowest BCUT2D eigenvalue weighted by Crippen LogP contribution is -2.51. The summed E-state index contributed by atoms with van der Waals surface area (Å²) in [5.74, 6) is 0.870. The fourth-order valence-corrected chi connectivity index (χ4v) is 4.52. The summed E-state index contributed by atoms with van der Waals surface area (Å²) in [5.41, 5.74) is 2.68. The normalized spacial score (nSPS) is 11.7. The van der Waals surface area contributed by atoms with Crippen LogP contribution in [-0.2, 0) is 29.0 Å². The third-order valence-electron chi connectivity index (χ3n) is 6.11. The van der Waals surface area contributed by atoms with Gasteiger partial charge in [0, 0.05) is 25.4 Å². The fourth-order valence-electron chi connectivity index (χ4n) is 4.20. The number of benzene rings is 3. The van der Waals surface area contributed by atoms with Crippen LogP contribution in [0.5, 0.6) is 11.5 Å². The van der Waals surface area contributed by atoms with Crippen molar-refractivity contribution in [3.8, 4) is 11.5 Å². The SMILES string of the molecule is COc1ccc(CCC(=O)N(Cc2ccc(Cl)c(Cl)c2)[C@H](Cc2ccccc2)C(=O)NC(C)C)cc1OC. The average molecular weight is 558 g/mol. The number of carbonyl (C=O) groups is 2. The maximum atomic E-state index is 13.8. The highest BCUT2D eigenvalue weighted by atomic mass is 35.5. The molecule has 0 fully saturated rings. The van der Waals surface area contributed by atoms with E-state index in [2.05, 4.69) is 5.32 Å². The minimum Gasteiger partial charge on any atom is -0.493 e. The van der Waals surface area contributed by atoms with Crippen molar-refractivity contribution in [1.29, 1.82) is 0 Å². The van der Waals surface area contributed by atoms with E-state index in [1.807, 2.05) is 68.4 Å². The van der Waals surface area contributed by atoms with Gasteiger partial charge in [0.15, 0.2) is 11.5 Å². The first kappa shape index (κ1) is 29.3. The number of nitrogens with one attached hydrogen (secondary N) is 1. The Labute approximate surface area is 234 Å². The Morgan fingerprint density at radius 2 is 1.53 bits per heavy atom. The molecule has 3 rings (SSSR count). The van der Waals surface area contributed by atoms with Crippen molar-refractivity contribution in [1.82, 2.24) is 10.2 Å². The van der Waals surface area contributed by atoms with Gasteiger partial charge in [0.25, 0.3) is 0 Å². The van der Waals surface area contributed by atoms with Crippen LogP contribution in [0.15, 0.2) is 66.7 Å². The summed E-state index contributed by atoms with van der Waals surface area (Å²) in [7, 11) is 3.16. The van der Waals surface area contributed by atoms with E-state index in [1.165, 1.54) is 0 Å². The summed E-state index contributed by atoms with van der Waals surface area (Å²) in [5, 5.41) is 3.82. The summed E-state index contributed by atoms with van der Waals surface area (Å²) >= 11 is 12.4. The molecule has 8 heteroatoms. The second-order valence-electron chi connectivity index (χ2n) is 9.33. The van der Waals surface area contributed by atoms with E-state index >= 15 is 0 Å². The van der Waals surface area contributed by atoms with Gasteiger partial charge in [0.2, 0.25) is 11.8 Å². The van der Waals surface area contributed by atoms with Crippen molar-refractivity contribution in [2.24, 2.45) is 0 Å². The zero-order valence-corrected chi connectivity index (χ0v) is 23.7. The topological polar surface area (TPSA) is 67.9 Å². The molecule has 0 heterocycles. The molecule has 2 amide bonds. The highest BCUT2D eigenvalue weighted by Gasteiger charge is 2.30. The van der Waals surface area contributed by atoms with Crippen LogP contribution in [0.1, 0.15) is 37.0 Å². The molecule has 0 aromatic heterocycles. The van der Waals surface area contributed by atoms with Gasteiger partial charge in [0.05, 0.1) is 24.3 Å². The van der Waals surface area contributed by atoms with Crippen LogP contribution in [-0.4, -0.2) is 43.0 Å². The first-order chi connectivity index (χ1) is 18.2. The lowest BCUT2D eigenvalue weighted by atomic mass is 10.0. The van der Waals surface area contributed by atoms with Gasteiger partial charge in [-0.15, -0.1) is 0 Å². The Hall–Kier alpha value is -3.22. The van der Waals surface area contributed by atoms with Crippen molar-refractivity contribution in [3.05, 3.63) is 93.5 Å². The van der Waals surface area contributed by atoms with Crippen molar-refractivity contribution >= 4 is 35.0 Å². The summed E-state index contributed by atoms with van der Waals surface area (Å²) in [6.07, 6.45) is 1.06. The van der Waals surface area contributed by atoms with Gasteiger partial charge in [-0.05, 0) is 61.2 Å². The van der Waals surface area contributed by atoms with Crippen LogP contribution < -0.4 is 14.8 Å². The van der Waals surface area contributed by atoms with Crippen molar-refractivity contribution in [2.45, 2.75) is 51.7 Å². The second kappa shape index (κ2) is 14.1. The second-order valence-corrected chi connectivity index (χ2v) is 10.1. The molecule has 3 aromatic carbocycles. The van der Waals surface area contributed by atoms with E-state index in [4.69, 9.17) is 32.7 Å². The number of hydrogen-bond donors (Lipinski definition) is 1. The molecule has 0 saturated carbocycles. The van der Waals surface area contributed by atoms with E-state index in [-0.39, 0.29) is 30.8 Å². The van der Waals surface area contributed by atoms with E-state index in [9.17, 15) is 9.59 Å². The average Bonchev–Trinajstić information content (AvgIpc) is 2.91. The molecule has 0 aliphatic carbocycles. The Bertz CT molecular complexity index is 1230. The van der Waals surface area contributed by atoms with Gasteiger partial charge in [-0.25, -0.2) is 0 Å². The third-order valence-corrected chi connectivity index (χ3v) is 6.85. The Kier molecular flexibility index (Phi) is 10.9. The number of amides is 2. The number of ether oxygens (including phenoxy) is 2. The Balaban J connectivity index is 1.92.